The number of hydrogen-bond acceptors (Lipinski definition) is 3. The Hall–Kier alpha value is -0.850. The molecule has 3 nitrogen and oxygen atoms in total. The van der Waals surface area contributed by atoms with Crippen molar-refractivity contribution in [3.8, 4) is 6.07 Å². The third-order valence-corrected chi connectivity index (χ3v) is 2.90. The average Bonchev–Trinajstić information content (AvgIpc) is 2.27. The van der Waals surface area contributed by atoms with Crippen molar-refractivity contribution in [2.75, 3.05) is 33.2 Å². The molecule has 0 amide bonds. The van der Waals surface area contributed by atoms with Crippen molar-refractivity contribution in [1.29, 1.82) is 5.26 Å². The minimum atomic E-state index is 0.364. The van der Waals surface area contributed by atoms with Gasteiger partial charge in [-0.3, -0.25) is 4.90 Å². The average molecular weight is 207 g/mol. The maximum atomic E-state index is 8.83. The summed E-state index contributed by atoms with van der Waals surface area (Å²) >= 11 is 0. The lowest BCUT2D eigenvalue weighted by molar-refractivity contribution is 0.203. The lowest BCUT2D eigenvalue weighted by atomic mass is 10.1. The van der Waals surface area contributed by atoms with E-state index in [0.29, 0.717) is 18.4 Å². The summed E-state index contributed by atoms with van der Waals surface area (Å²) in [4.78, 5) is 4.71. The van der Waals surface area contributed by atoms with Crippen LogP contribution in [-0.4, -0.2) is 49.1 Å². The number of nitriles is 1. The van der Waals surface area contributed by atoms with Crippen LogP contribution < -0.4 is 0 Å². The second-order valence-electron chi connectivity index (χ2n) is 4.59. The van der Waals surface area contributed by atoms with Gasteiger partial charge in [0.2, 0.25) is 0 Å². The van der Waals surface area contributed by atoms with Gasteiger partial charge in [0.15, 0.2) is 0 Å². The van der Waals surface area contributed by atoms with Crippen LogP contribution in [0.25, 0.3) is 0 Å². The van der Waals surface area contributed by atoms with Gasteiger partial charge in [0, 0.05) is 32.2 Å². The number of hydrogen-bond donors (Lipinski definition) is 0. The summed E-state index contributed by atoms with van der Waals surface area (Å²) in [5.74, 6) is 0.665. The van der Waals surface area contributed by atoms with E-state index in [4.69, 9.17) is 5.26 Å². The monoisotopic (exact) mass is 207 g/mol. The first-order chi connectivity index (χ1) is 7.17. The molecule has 0 spiro atoms. The van der Waals surface area contributed by atoms with E-state index >= 15 is 0 Å². The predicted octanol–water partition coefficient (Wildman–Crippen LogP) is 1.34. The van der Waals surface area contributed by atoms with Gasteiger partial charge in [-0.2, -0.15) is 5.26 Å². The van der Waals surface area contributed by atoms with Crippen molar-refractivity contribution in [2.45, 2.75) is 19.4 Å². The summed E-state index contributed by atoms with van der Waals surface area (Å²) in [5.41, 5.74) is 0. The molecule has 1 aliphatic heterocycles. The summed E-state index contributed by atoms with van der Waals surface area (Å²) in [6.45, 7) is 10.1. The SMILES string of the molecule is C=CCN1CC(C)CN(C)CC1CC#N. The van der Waals surface area contributed by atoms with Crippen LogP contribution in [0.2, 0.25) is 0 Å². The molecule has 0 aromatic rings. The highest BCUT2D eigenvalue weighted by Crippen LogP contribution is 2.15. The topological polar surface area (TPSA) is 30.3 Å². The molecular weight excluding hydrogens is 186 g/mol. The third kappa shape index (κ3) is 3.65. The molecule has 0 aliphatic carbocycles. The second-order valence-corrected chi connectivity index (χ2v) is 4.59. The van der Waals surface area contributed by atoms with Gasteiger partial charge in [-0.1, -0.05) is 13.0 Å². The molecule has 0 radical (unpaired) electrons. The number of nitrogens with zero attached hydrogens (tertiary/aromatic N) is 3. The molecular formula is C12H21N3. The Kier molecular flexibility index (Phi) is 4.80. The van der Waals surface area contributed by atoms with Gasteiger partial charge < -0.3 is 4.90 Å². The fraction of sp³-hybridized carbons (Fsp3) is 0.750. The Bertz CT molecular complexity index is 244. The van der Waals surface area contributed by atoms with Crippen molar-refractivity contribution >= 4 is 0 Å². The molecule has 84 valence electrons. The highest BCUT2D eigenvalue weighted by molar-refractivity contribution is 4.90. The molecule has 2 unspecified atom stereocenters. The Balaban J connectivity index is 2.68. The minimum absolute atomic E-state index is 0.364. The molecule has 0 N–H and O–H groups in total. The van der Waals surface area contributed by atoms with Gasteiger partial charge in [0.05, 0.1) is 12.5 Å². The first-order valence-corrected chi connectivity index (χ1v) is 5.57. The molecule has 0 aromatic heterocycles. The van der Waals surface area contributed by atoms with Crippen molar-refractivity contribution in [2.24, 2.45) is 5.92 Å². The van der Waals surface area contributed by atoms with Crippen LogP contribution in [0.15, 0.2) is 12.7 Å². The van der Waals surface area contributed by atoms with Crippen LogP contribution in [-0.2, 0) is 0 Å². The predicted molar refractivity (Wildman–Crippen MR) is 62.4 cm³/mol. The largest absolute Gasteiger partial charge is 0.304 e. The zero-order chi connectivity index (χ0) is 11.3. The van der Waals surface area contributed by atoms with E-state index in [2.05, 4.69) is 36.4 Å². The Morgan fingerprint density at radius 1 is 1.47 bits per heavy atom. The van der Waals surface area contributed by atoms with Crippen molar-refractivity contribution in [3.05, 3.63) is 12.7 Å². The Morgan fingerprint density at radius 2 is 2.20 bits per heavy atom. The molecule has 0 bridgehead atoms. The molecule has 1 aliphatic rings. The fourth-order valence-electron chi connectivity index (χ4n) is 2.38. The molecule has 1 saturated heterocycles. The Labute approximate surface area is 93.0 Å². The van der Waals surface area contributed by atoms with Crippen molar-refractivity contribution in [3.63, 3.8) is 0 Å². The lowest BCUT2D eigenvalue weighted by Crippen LogP contribution is -2.40. The highest BCUT2D eigenvalue weighted by Gasteiger charge is 2.25. The summed E-state index contributed by atoms with van der Waals surface area (Å²) < 4.78 is 0. The maximum absolute atomic E-state index is 8.83. The summed E-state index contributed by atoms with van der Waals surface area (Å²) in [5, 5.41) is 8.83. The van der Waals surface area contributed by atoms with Gasteiger partial charge in [-0.15, -0.1) is 6.58 Å². The van der Waals surface area contributed by atoms with Gasteiger partial charge in [0.25, 0.3) is 0 Å². The summed E-state index contributed by atoms with van der Waals surface area (Å²) in [7, 11) is 2.14. The van der Waals surface area contributed by atoms with Gasteiger partial charge in [0.1, 0.15) is 0 Å². The highest BCUT2D eigenvalue weighted by atomic mass is 15.2. The maximum Gasteiger partial charge on any atom is 0.0638 e. The molecule has 0 saturated carbocycles. The smallest absolute Gasteiger partial charge is 0.0638 e. The second kappa shape index (κ2) is 5.89. The van der Waals surface area contributed by atoms with Crippen molar-refractivity contribution in [1.82, 2.24) is 9.80 Å². The van der Waals surface area contributed by atoms with E-state index < -0.39 is 0 Å². The Morgan fingerprint density at radius 3 is 2.80 bits per heavy atom. The van der Waals surface area contributed by atoms with Crippen LogP contribution >= 0.6 is 0 Å². The van der Waals surface area contributed by atoms with E-state index in [1.807, 2.05) is 6.08 Å². The molecule has 1 rings (SSSR count). The number of rotatable bonds is 3. The van der Waals surface area contributed by atoms with E-state index in [1.165, 1.54) is 0 Å². The minimum Gasteiger partial charge on any atom is -0.304 e. The zero-order valence-corrected chi connectivity index (χ0v) is 9.82. The zero-order valence-electron chi connectivity index (χ0n) is 9.82. The van der Waals surface area contributed by atoms with Gasteiger partial charge in [-0.05, 0) is 13.0 Å². The first-order valence-electron chi connectivity index (χ1n) is 5.57. The quantitative estimate of drug-likeness (QED) is 0.654. The van der Waals surface area contributed by atoms with Gasteiger partial charge in [-0.25, -0.2) is 0 Å². The summed E-state index contributed by atoms with van der Waals surface area (Å²) in [6, 6.07) is 2.65. The number of likely N-dealkylation sites (N-methyl/N-ethyl adjacent to an activating group) is 1. The van der Waals surface area contributed by atoms with Crippen LogP contribution in [0.5, 0.6) is 0 Å². The van der Waals surface area contributed by atoms with E-state index in [-0.39, 0.29) is 0 Å². The van der Waals surface area contributed by atoms with Crippen LogP contribution in [0.4, 0.5) is 0 Å². The lowest BCUT2D eigenvalue weighted by Gasteiger charge is -2.28. The van der Waals surface area contributed by atoms with Crippen LogP contribution in [0, 0.1) is 17.2 Å². The fourth-order valence-corrected chi connectivity index (χ4v) is 2.38. The third-order valence-electron chi connectivity index (χ3n) is 2.90. The first kappa shape index (κ1) is 12.2. The molecule has 15 heavy (non-hydrogen) atoms. The van der Waals surface area contributed by atoms with E-state index in [1.54, 1.807) is 0 Å². The van der Waals surface area contributed by atoms with Crippen LogP contribution in [0.3, 0.4) is 0 Å². The van der Waals surface area contributed by atoms with E-state index in [0.717, 1.165) is 26.2 Å². The van der Waals surface area contributed by atoms with Gasteiger partial charge >= 0.3 is 0 Å². The molecule has 0 aromatic carbocycles. The van der Waals surface area contributed by atoms with Crippen LogP contribution in [0.1, 0.15) is 13.3 Å². The molecule has 1 fully saturated rings. The summed E-state index contributed by atoms with van der Waals surface area (Å²) in [6.07, 6.45) is 2.55. The molecule has 3 heteroatoms. The van der Waals surface area contributed by atoms with E-state index in [9.17, 15) is 0 Å². The van der Waals surface area contributed by atoms with Crippen molar-refractivity contribution < 1.29 is 0 Å². The molecule has 1 heterocycles. The standard InChI is InChI=1S/C12H21N3/c1-4-7-15-9-11(2)8-14(3)10-12(15)5-6-13/h4,11-12H,1,5,7-10H2,2-3H3. The molecule has 2 atom stereocenters. The normalized spacial score (nSPS) is 29.4.